The lowest BCUT2D eigenvalue weighted by Crippen LogP contribution is -2.46. The second-order valence-electron chi connectivity index (χ2n) is 15.2. The Morgan fingerprint density at radius 2 is 1.54 bits per heavy atom. The van der Waals surface area contributed by atoms with Gasteiger partial charge in [0, 0.05) is 72.8 Å². The Morgan fingerprint density at radius 1 is 0.836 bits per heavy atom. The topological polar surface area (TPSA) is 171 Å². The zero-order valence-electron chi connectivity index (χ0n) is 34.1. The highest BCUT2D eigenvalue weighted by molar-refractivity contribution is 7.99. The summed E-state index contributed by atoms with van der Waals surface area (Å²) < 4.78 is 55.0. The molecule has 1 unspecified atom stereocenters. The van der Waals surface area contributed by atoms with Crippen LogP contribution in [0.1, 0.15) is 12.0 Å². The van der Waals surface area contributed by atoms with Crippen LogP contribution in [0.2, 0.25) is 0 Å². The van der Waals surface area contributed by atoms with E-state index in [0.717, 1.165) is 53.0 Å². The Bertz CT molecular complexity index is 2720. The number of sulfone groups is 1. The van der Waals surface area contributed by atoms with E-state index in [9.17, 15) is 26.9 Å². The van der Waals surface area contributed by atoms with Crippen molar-refractivity contribution < 1.29 is 21.8 Å². The molecule has 1 fully saturated rings. The van der Waals surface area contributed by atoms with Crippen LogP contribution < -0.4 is 14.9 Å². The summed E-state index contributed by atoms with van der Waals surface area (Å²) in [6.07, 6.45) is 3.22. The molecule has 0 radical (unpaired) electrons. The van der Waals surface area contributed by atoms with Gasteiger partial charge in [0.25, 0.3) is 15.7 Å². The molecule has 6 aromatic rings. The van der Waals surface area contributed by atoms with Gasteiger partial charge < -0.3 is 15.1 Å². The average Bonchev–Trinajstić information content (AvgIpc) is 3.25. The fourth-order valence-corrected chi connectivity index (χ4v) is 9.96. The normalized spacial score (nSPS) is 14.3. The molecule has 1 saturated heterocycles. The number of sulfonamides is 1. The molecule has 0 aliphatic carbocycles. The monoisotopic (exact) mass is 880 g/mol. The summed E-state index contributed by atoms with van der Waals surface area (Å²) in [5.41, 5.74) is 4.29. The minimum atomic E-state index is -4.30. The molecule has 2 N–H and O–H groups in total. The third kappa shape index (κ3) is 11.0. The molecule has 61 heavy (non-hydrogen) atoms. The molecule has 318 valence electrons. The standard InChI is InChI=1S/C44H48N8O6S3/c1-49(2)21-20-34(30-59-36-12-8-5-9-13-36)47-41-19-16-38(28-43(41)52(53)54)61(57,58)48-44-40-17-14-35(27-42(40)45-31-46-44)51-24-22-50(23-25-51)29-33-26-37(60(3,55)56)15-18-39(33)32-10-6-4-7-11-32/h4-19,26-28,31,34,47H,20-25,29-30H2,1-3H3,(H,45,46,48). The van der Waals surface area contributed by atoms with E-state index in [1.807, 2.05) is 97.9 Å². The Kier molecular flexibility index (Phi) is 13.5. The molecule has 17 heteroatoms. The SMILES string of the molecule is CN(C)CCC(CSc1ccccc1)Nc1ccc(S(=O)(=O)Nc2ncnc3cc(N4CCN(Cc5cc(S(C)(=O)=O)ccc5-c5ccccc5)CC4)ccc23)cc1[N+](=O)[O-]. The number of anilines is 3. The lowest BCUT2D eigenvalue weighted by molar-refractivity contribution is -0.384. The molecule has 7 rings (SSSR count). The number of hydrogen-bond donors (Lipinski definition) is 2. The number of rotatable bonds is 17. The second-order valence-corrected chi connectivity index (χ2v) is 20.0. The highest BCUT2D eigenvalue weighted by Crippen LogP contribution is 2.33. The van der Waals surface area contributed by atoms with Crippen LogP contribution in [0.5, 0.6) is 0 Å². The van der Waals surface area contributed by atoms with Crippen LogP contribution in [0.25, 0.3) is 22.0 Å². The highest BCUT2D eigenvalue weighted by Gasteiger charge is 2.25. The van der Waals surface area contributed by atoms with Gasteiger partial charge in [0.05, 0.1) is 20.2 Å². The van der Waals surface area contributed by atoms with Crippen molar-refractivity contribution in [1.29, 1.82) is 0 Å². The molecule has 1 aliphatic heterocycles. The Hall–Kier alpha value is -5.59. The van der Waals surface area contributed by atoms with Crippen molar-refractivity contribution >= 4 is 65.4 Å². The predicted octanol–water partition coefficient (Wildman–Crippen LogP) is 7.26. The van der Waals surface area contributed by atoms with Gasteiger partial charge in [-0.25, -0.2) is 26.8 Å². The second kappa shape index (κ2) is 19.0. The van der Waals surface area contributed by atoms with E-state index in [1.54, 1.807) is 30.0 Å². The van der Waals surface area contributed by atoms with Gasteiger partial charge in [-0.2, -0.15) is 0 Å². The van der Waals surface area contributed by atoms with Gasteiger partial charge in [-0.05, 0) is 98.3 Å². The van der Waals surface area contributed by atoms with Gasteiger partial charge in [0.2, 0.25) is 0 Å². The number of hydrogen-bond acceptors (Lipinski definition) is 13. The Morgan fingerprint density at radius 3 is 2.23 bits per heavy atom. The molecule has 0 spiro atoms. The number of benzene rings is 5. The number of piperazine rings is 1. The van der Waals surface area contributed by atoms with Gasteiger partial charge in [-0.1, -0.05) is 54.6 Å². The van der Waals surface area contributed by atoms with Crippen LogP contribution in [0, 0.1) is 10.1 Å². The molecule has 0 saturated carbocycles. The van der Waals surface area contributed by atoms with Crippen molar-refractivity contribution in [2.24, 2.45) is 0 Å². The molecule has 5 aromatic carbocycles. The first-order valence-electron chi connectivity index (χ1n) is 19.7. The zero-order valence-corrected chi connectivity index (χ0v) is 36.6. The number of nitrogens with zero attached hydrogens (tertiary/aromatic N) is 6. The van der Waals surface area contributed by atoms with Gasteiger partial charge in [-0.3, -0.25) is 19.7 Å². The molecular formula is C44H48N8O6S3. The van der Waals surface area contributed by atoms with E-state index in [-0.39, 0.29) is 28.1 Å². The number of nitro benzene ring substituents is 1. The van der Waals surface area contributed by atoms with Crippen molar-refractivity contribution in [2.45, 2.75) is 33.7 Å². The van der Waals surface area contributed by atoms with E-state index in [4.69, 9.17) is 0 Å². The molecule has 2 heterocycles. The van der Waals surface area contributed by atoms with E-state index in [0.29, 0.717) is 47.6 Å². The van der Waals surface area contributed by atoms with Gasteiger partial charge in [0.15, 0.2) is 15.7 Å². The maximum atomic E-state index is 13.8. The minimum absolute atomic E-state index is 0.0541. The smallest absolute Gasteiger partial charge is 0.293 e. The lowest BCUT2D eigenvalue weighted by Gasteiger charge is -2.36. The van der Waals surface area contributed by atoms with Gasteiger partial charge in [0.1, 0.15) is 12.0 Å². The third-order valence-corrected chi connectivity index (χ3v) is 14.1. The molecule has 0 amide bonds. The van der Waals surface area contributed by atoms with Gasteiger partial charge >= 0.3 is 0 Å². The maximum Gasteiger partial charge on any atom is 0.293 e. The van der Waals surface area contributed by atoms with Crippen LogP contribution in [0.3, 0.4) is 0 Å². The van der Waals surface area contributed by atoms with Crippen LogP contribution in [-0.2, 0) is 26.4 Å². The van der Waals surface area contributed by atoms with Crippen molar-refractivity contribution in [3.05, 3.63) is 137 Å². The molecule has 1 aliphatic rings. The fraction of sp³-hybridized carbons (Fsp3) is 0.273. The zero-order chi connectivity index (χ0) is 43.1. The summed E-state index contributed by atoms with van der Waals surface area (Å²) in [6.45, 7) is 4.21. The van der Waals surface area contributed by atoms with E-state index in [1.165, 1.54) is 24.7 Å². The summed E-state index contributed by atoms with van der Waals surface area (Å²) in [5.74, 6) is 0.702. The maximum absolute atomic E-state index is 13.8. The first-order valence-corrected chi connectivity index (χ1v) is 24.1. The Labute approximate surface area is 361 Å². The summed E-state index contributed by atoms with van der Waals surface area (Å²) in [5, 5.41) is 16.1. The molecule has 1 aromatic heterocycles. The van der Waals surface area contributed by atoms with Crippen molar-refractivity contribution in [1.82, 2.24) is 19.8 Å². The number of aromatic nitrogens is 2. The van der Waals surface area contributed by atoms with E-state index < -0.39 is 24.8 Å². The van der Waals surface area contributed by atoms with E-state index in [2.05, 4.69) is 29.8 Å². The summed E-state index contributed by atoms with van der Waals surface area (Å²) >= 11 is 1.64. The van der Waals surface area contributed by atoms with Crippen LogP contribution in [0.15, 0.2) is 136 Å². The molecule has 14 nitrogen and oxygen atoms in total. The fourth-order valence-electron chi connectivity index (χ4n) is 7.24. The minimum Gasteiger partial charge on any atom is -0.376 e. The largest absolute Gasteiger partial charge is 0.376 e. The number of nitrogens with one attached hydrogen (secondary N) is 2. The van der Waals surface area contributed by atoms with Crippen molar-refractivity contribution in [2.75, 3.05) is 73.8 Å². The van der Waals surface area contributed by atoms with Crippen LogP contribution in [-0.4, -0.2) is 106 Å². The predicted molar refractivity (Wildman–Crippen MR) is 244 cm³/mol. The molecular weight excluding hydrogens is 833 g/mol. The molecule has 0 bridgehead atoms. The summed E-state index contributed by atoms with van der Waals surface area (Å²) in [7, 11) is -3.75. The average molecular weight is 881 g/mol. The van der Waals surface area contributed by atoms with Gasteiger partial charge in [-0.15, -0.1) is 11.8 Å². The Balaban J connectivity index is 1.04. The van der Waals surface area contributed by atoms with E-state index >= 15 is 0 Å². The first-order chi connectivity index (χ1) is 29.2. The lowest BCUT2D eigenvalue weighted by atomic mass is 9.99. The highest BCUT2D eigenvalue weighted by atomic mass is 32.2. The first kappa shape index (κ1) is 43.5. The van der Waals surface area contributed by atoms with Crippen LogP contribution >= 0.6 is 11.8 Å². The van der Waals surface area contributed by atoms with Crippen molar-refractivity contribution in [3.63, 3.8) is 0 Å². The quantitative estimate of drug-likeness (QED) is 0.0534. The number of thioether (sulfide) groups is 1. The number of nitro groups is 1. The number of fused-ring (bicyclic) bond motifs is 1. The summed E-state index contributed by atoms with van der Waals surface area (Å²) in [6, 6.07) is 34.5. The molecule has 1 atom stereocenters. The van der Waals surface area contributed by atoms with Crippen molar-refractivity contribution in [3.8, 4) is 11.1 Å². The third-order valence-electron chi connectivity index (χ3n) is 10.5. The summed E-state index contributed by atoms with van der Waals surface area (Å²) in [4.78, 5) is 28.1. The van der Waals surface area contributed by atoms with Crippen LogP contribution in [0.4, 0.5) is 22.9 Å².